The minimum absolute atomic E-state index is 0. The van der Waals surface area contributed by atoms with Crippen LogP contribution in [0, 0.1) is 26.4 Å². The molecule has 246 valence electrons. The fraction of sp³-hybridized carbons (Fsp3) is 0.955. The van der Waals surface area contributed by atoms with Gasteiger partial charge in [0.15, 0.2) is 0 Å². The molecule has 0 bridgehead atoms. The zero-order chi connectivity index (χ0) is 31.7. The number of hydrogen-bond donors (Lipinski definition) is 5. The summed E-state index contributed by atoms with van der Waals surface area (Å²) in [4.78, 5) is 10.1. The van der Waals surface area contributed by atoms with E-state index in [2.05, 4.69) is 68.5 Å². The summed E-state index contributed by atoms with van der Waals surface area (Å²) >= 11 is 0. The Labute approximate surface area is 252 Å². The van der Waals surface area contributed by atoms with E-state index in [0.29, 0.717) is 24.4 Å². The van der Waals surface area contributed by atoms with Crippen LogP contribution in [0.15, 0.2) is 0 Å². The normalized spacial score (nSPS) is 22.8. The molecule has 0 aromatic carbocycles. The number of carboxylic acids is 1. The number of carbonyl (C=O) groups is 1. The van der Waals surface area contributed by atoms with E-state index in [1.165, 1.54) is 0 Å². The van der Waals surface area contributed by atoms with Crippen molar-refractivity contribution in [3.8, 4) is 0 Å². The van der Waals surface area contributed by atoms with Crippen molar-refractivity contribution in [2.45, 2.75) is 104 Å². The van der Waals surface area contributed by atoms with Gasteiger partial charge in [-0.2, -0.15) is 0 Å². The van der Waals surface area contributed by atoms with E-state index in [1.54, 1.807) is 0 Å². The maximum absolute atomic E-state index is 10.1. The Morgan fingerprint density at radius 2 is 1.05 bits per heavy atom. The second kappa shape index (κ2) is 22.5. The van der Waals surface area contributed by atoms with Crippen molar-refractivity contribution in [3.63, 3.8) is 0 Å². The topological polar surface area (TPSA) is 300 Å². The summed E-state index contributed by atoms with van der Waals surface area (Å²) in [7, 11) is -9.89. The molecule has 0 radical (unpaired) electrons. The van der Waals surface area contributed by atoms with Crippen molar-refractivity contribution in [2.75, 3.05) is 26.2 Å². The summed E-state index contributed by atoms with van der Waals surface area (Å²) < 4.78 is 67.9. The molecule has 0 saturated carbocycles. The smallest absolute Gasteiger partial charge is 0.544 e. The van der Waals surface area contributed by atoms with Gasteiger partial charge >= 0.3 is 16.5 Å². The van der Waals surface area contributed by atoms with Crippen LogP contribution >= 0.6 is 0 Å². The molecule has 15 nitrogen and oxygen atoms in total. The van der Waals surface area contributed by atoms with Crippen LogP contribution in [0.1, 0.15) is 74.7 Å². The average Bonchev–Trinajstić information content (AvgIpc) is 2.65. The van der Waals surface area contributed by atoms with Gasteiger partial charge in [-0.3, -0.25) is 0 Å². The molecule has 0 aromatic heterocycles. The third kappa shape index (κ3) is 45.0. The third-order valence-electron chi connectivity index (χ3n) is 5.16. The average molecular weight is 673 g/mol. The molecule has 0 spiro atoms. The predicted octanol–water partition coefficient (Wildman–Crippen LogP) is -9.65. The molecule has 1 aliphatic heterocycles. The maximum atomic E-state index is 10.1. The Hall–Kier alpha value is 0.0235. The number of halogens is 2. The number of carbonyl (C=O) groups excluding carboxylic acids is 1. The van der Waals surface area contributed by atoms with E-state index in [9.17, 15) is 9.90 Å². The maximum Gasteiger partial charge on any atom is 2.00 e. The molecule has 0 aromatic rings. The summed E-state index contributed by atoms with van der Waals surface area (Å²) in [6.45, 7) is 21.8. The standard InChI is InChI=1S/C16H36N4.C6H13NO2.2ClHO4.Ni/c1-13-11-15(3,4)19-10-8-18-14(2)12-16(5,6)20-9-7-17-13;1-4(2)3-5(7)6(8)9;2*2-1(3,4)5;/h13-14,17-20H,7-12H2,1-6H3;4-5H,3,7H2,1-2H3,(H,8,9);2*(H,2,3,4,5);/q;;;;+2/p-2/t13-,14-;5-;;;/m10.../s1. The molecule has 1 saturated heterocycles. The van der Waals surface area contributed by atoms with Gasteiger partial charge in [-0.25, -0.2) is 37.3 Å². The molecule has 1 heterocycles. The van der Waals surface area contributed by atoms with Crippen LogP contribution in [0.2, 0.25) is 0 Å². The van der Waals surface area contributed by atoms with Crippen LogP contribution < -0.4 is 69.4 Å². The first-order chi connectivity index (χ1) is 17.2. The largest absolute Gasteiger partial charge is 2.00 e. The van der Waals surface area contributed by atoms with Crippen LogP contribution in [0.4, 0.5) is 0 Å². The summed E-state index contributed by atoms with van der Waals surface area (Å²) in [6, 6.07) is 0.527. The molecule has 40 heavy (non-hydrogen) atoms. The minimum Gasteiger partial charge on any atom is -0.544 e. The van der Waals surface area contributed by atoms with Gasteiger partial charge in [0, 0.05) is 55.8 Å². The number of carboxylic acid groups (broad SMARTS) is 1. The fourth-order valence-electron chi connectivity index (χ4n) is 3.92. The van der Waals surface area contributed by atoms with E-state index >= 15 is 0 Å². The SMILES string of the molecule is CC(C)C[C@H]([NH3+])C(=O)[O-].C[C@@H]1CC(C)(C)NCCN[C@H](C)CC(C)(C)NCCN1.[Ni+2].[O-][Cl+3]([O-])([O-])[O-].[O-][Cl+3]([O-])([O-])[O-]. The van der Waals surface area contributed by atoms with Crippen molar-refractivity contribution in [1.82, 2.24) is 21.3 Å². The monoisotopic (exact) mass is 671 g/mol. The summed E-state index contributed by atoms with van der Waals surface area (Å²) in [5.74, 6) is -0.672. The fourth-order valence-corrected chi connectivity index (χ4v) is 3.92. The van der Waals surface area contributed by atoms with Crippen molar-refractivity contribution in [3.05, 3.63) is 0 Å². The van der Waals surface area contributed by atoms with Crippen LogP contribution in [-0.4, -0.2) is 61.4 Å². The van der Waals surface area contributed by atoms with Gasteiger partial charge in [0.25, 0.3) is 0 Å². The van der Waals surface area contributed by atoms with E-state index in [4.69, 9.17) is 37.3 Å². The molecule has 7 N–H and O–H groups in total. The van der Waals surface area contributed by atoms with Gasteiger partial charge in [0.1, 0.15) is 6.04 Å². The molecular formula is C22H49Cl2N5NiO10. The molecule has 1 rings (SSSR count). The Bertz CT molecular complexity index is 590. The first-order valence-corrected chi connectivity index (χ1v) is 14.9. The Balaban J connectivity index is -0.000000268. The van der Waals surface area contributed by atoms with E-state index < -0.39 is 32.5 Å². The van der Waals surface area contributed by atoms with E-state index in [1.807, 2.05) is 13.8 Å². The van der Waals surface area contributed by atoms with E-state index in [-0.39, 0.29) is 27.6 Å². The molecule has 3 atom stereocenters. The molecule has 0 aliphatic carbocycles. The molecule has 18 heteroatoms. The second-order valence-electron chi connectivity index (χ2n) is 11.1. The van der Waals surface area contributed by atoms with Crippen LogP contribution in [0.5, 0.6) is 0 Å². The number of aliphatic carboxylic acids is 1. The first-order valence-electron chi connectivity index (χ1n) is 12.5. The van der Waals surface area contributed by atoms with Crippen LogP contribution in [0.25, 0.3) is 0 Å². The van der Waals surface area contributed by atoms with Gasteiger partial charge in [0.05, 0.1) is 5.97 Å². The quantitative estimate of drug-likeness (QED) is 0.174. The minimum atomic E-state index is -4.94. The summed E-state index contributed by atoms with van der Waals surface area (Å²) in [5.41, 5.74) is 3.79. The third-order valence-corrected chi connectivity index (χ3v) is 5.16. The van der Waals surface area contributed by atoms with Gasteiger partial charge < -0.3 is 36.9 Å². The Morgan fingerprint density at radius 3 is 1.25 bits per heavy atom. The van der Waals surface area contributed by atoms with E-state index in [0.717, 1.165) is 39.0 Å². The number of rotatable bonds is 3. The van der Waals surface area contributed by atoms with Gasteiger partial charge in [-0.15, -0.1) is 20.5 Å². The molecule has 1 aliphatic rings. The van der Waals surface area contributed by atoms with Gasteiger partial charge in [-0.1, -0.05) is 13.8 Å². The van der Waals surface area contributed by atoms with Gasteiger partial charge in [0.2, 0.25) is 0 Å². The zero-order valence-corrected chi connectivity index (χ0v) is 27.1. The second-order valence-corrected chi connectivity index (χ2v) is 12.7. The Kier molecular flexibility index (Phi) is 26.5. The molecule has 0 unspecified atom stereocenters. The summed E-state index contributed by atoms with van der Waals surface area (Å²) in [6.07, 6.45) is 2.89. The molecule has 1 fully saturated rings. The number of hydrogen-bond acceptors (Lipinski definition) is 14. The van der Waals surface area contributed by atoms with Crippen molar-refractivity contribution in [2.24, 2.45) is 5.92 Å². The van der Waals surface area contributed by atoms with Crippen molar-refractivity contribution in [1.29, 1.82) is 0 Å². The number of nitrogens with one attached hydrogen (secondary N) is 4. The molecule has 0 amide bonds. The van der Waals surface area contributed by atoms with Gasteiger partial charge in [-0.05, 0) is 60.3 Å². The first kappa shape index (κ1) is 47.0. The Morgan fingerprint density at radius 1 is 0.775 bits per heavy atom. The van der Waals surface area contributed by atoms with Crippen molar-refractivity contribution < 1.29 is 89.9 Å². The zero-order valence-electron chi connectivity index (χ0n) is 24.6. The van der Waals surface area contributed by atoms with Crippen LogP contribution in [-0.2, 0) is 21.3 Å². The number of quaternary nitrogens is 1. The van der Waals surface area contributed by atoms with Crippen LogP contribution in [0.3, 0.4) is 0 Å². The predicted molar refractivity (Wildman–Crippen MR) is 119 cm³/mol. The van der Waals surface area contributed by atoms with Crippen molar-refractivity contribution >= 4 is 5.97 Å². The summed E-state index contributed by atoms with van der Waals surface area (Å²) in [5, 5.41) is 24.6. The molecular weight excluding hydrogens is 624 g/mol.